The quantitative estimate of drug-likeness (QED) is 0.387. The fourth-order valence-electron chi connectivity index (χ4n) is 3.63. The molecule has 9 heteroatoms. The lowest BCUT2D eigenvalue weighted by Gasteiger charge is -2.25. The van der Waals surface area contributed by atoms with Crippen molar-refractivity contribution in [3.63, 3.8) is 0 Å². The fraction of sp³-hybridized carbons (Fsp3) is 0.167. The summed E-state index contributed by atoms with van der Waals surface area (Å²) in [6.07, 6.45) is 0. The molecule has 1 aliphatic heterocycles. The minimum atomic E-state index is -0.162. The molecule has 5 rings (SSSR count). The fourth-order valence-corrected chi connectivity index (χ4v) is 4.60. The van der Waals surface area contributed by atoms with Gasteiger partial charge in [0.25, 0.3) is 5.56 Å². The number of thiocarbonyl (C=S) groups is 1. The van der Waals surface area contributed by atoms with Gasteiger partial charge in [-0.05, 0) is 60.1 Å². The highest BCUT2D eigenvalue weighted by molar-refractivity contribution is 7.80. The standard InChI is InChI=1S/C24H21N3O4S2/c1-29-18-6-4-17(5-7-18)25-24(32)27(13-19-3-2-8-33-19)12-16-9-15-10-21-22(31-14-30-21)11-20(15)26-23(16)28/h2-11H,12-14H2,1H3,(H,25,32)(H,26,28). The third kappa shape index (κ3) is 4.64. The minimum absolute atomic E-state index is 0.162. The van der Waals surface area contributed by atoms with Crippen LogP contribution >= 0.6 is 23.6 Å². The van der Waals surface area contributed by atoms with Crippen LogP contribution in [0.25, 0.3) is 10.9 Å². The normalized spacial score (nSPS) is 12.0. The molecule has 2 aromatic heterocycles. The first kappa shape index (κ1) is 21.3. The van der Waals surface area contributed by atoms with Gasteiger partial charge >= 0.3 is 0 Å². The van der Waals surface area contributed by atoms with Gasteiger partial charge in [0.2, 0.25) is 6.79 Å². The summed E-state index contributed by atoms with van der Waals surface area (Å²) in [6, 6.07) is 17.2. The van der Waals surface area contributed by atoms with Crippen molar-refractivity contribution in [3.05, 3.63) is 80.8 Å². The molecule has 1 aliphatic rings. The molecule has 168 valence electrons. The third-order valence-electron chi connectivity index (χ3n) is 5.33. The maximum Gasteiger partial charge on any atom is 0.253 e. The second kappa shape index (κ2) is 9.13. The molecule has 7 nitrogen and oxygen atoms in total. The number of fused-ring (bicyclic) bond motifs is 2. The number of thiophene rings is 1. The van der Waals surface area contributed by atoms with Crippen molar-refractivity contribution in [2.75, 3.05) is 19.2 Å². The van der Waals surface area contributed by atoms with E-state index < -0.39 is 0 Å². The molecule has 2 N–H and O–H groups in total. The van der Waals surface area contributed by atoms with E-state index in [9.17, 15) is 4.79 Å². The second-order valence-corrected chi connectivity index (χ2v) is 8.93. The second-order valence-electron chi connectivity index (χ2n) is 7.51. The number of rotatable bonds is 6. The maximum absolute atomic E-state index is 12.9. The van der Waals surface area contributed by atoms with Gasteiger partial charge in [0.15, 0.2) is 16.6 Å². The number of hydrogen-bond acceptors (Lipinski definition) is 6. The molecule has 0 amide bonds. The van der Waals surface area contributed by atoms with Crippen LogP contribution in [0.3, 0.4) is 0 Å². The van der Waals surface area contributed by atoms with Crippen molar-refractivity contribution in [1.82, 2.24) is 9.88 Å². The summed E-state index contributed by atoms with van der Waals surface area (Å²) in [5.41, 5.74) is 2.00. The molecular formula is C24H21N3O4S2. The van der Waals surface area contributed by atoms with Crippen LogP contribution in [0.1, 0.15) is 10.4 Å². The molecule has 0 saturated heterocycles. The summed E-state index contributed by atoms with van der Waals surface area (Å²) >= 11 is 7.38. The molecule has 2 aromatic carbocycles. The Morgan fingerprint density at radius 2 is 1.94 bits per heavy atom. The molecule has 0 saturated carbocycles. The molecule has 0 unspecified atom stereocenters. The first-order valence-electron chi connectivity index (χ1n) is 10.3. The van der Waals surface area contributed by atoms with Gasteiger partial charge in [-0.1, -0.05) is 6.07 Å². The van der Waals surface area contributed by atoms with Gasteiger partial charge < -0.3 is 29.4 Å². The number of benzene rings is 2. The number of anilines is 1. The molecule has 0 aliphatic carbocycles. The topological polar surface area (TPSA) is 75.8 Å². The smallest absolute Gasteiger partial charge is 0.253 e. The van der Waals surface area contributed by atoms with Gasteiger partial charge in [0, 0.05) is 27.6 Å². The Hall–Kier alpha value is -3.56. The Morgan fingerprint density at radius 1 is 1.15 bits per heavy atom. The number of ether oxygens (including phenoxy) is 3. The van der Waals surface area contributed by atoms with Crippen molar-refractivity contribution in [2.24, 2.45) is 0 Å². The molecule has 33 heavy (non-hydrogen) atoms. The SMILES string of the molecule is COc1ccc(NC(=S)N(Cc2cccs2)Cc2cc3cc4c(cc3[nH]c2=O)OCO4)cc1. The summed E-state index contributed by atoms with van der Waals surface area (Å²) < 4.78 is 16.1. The minimum Gasteiger partial charge on any atom is -0.497 e. The molecule has 3 heterocycles. The largest absolute Gasteiger partial charge is 0.497 e. The van der Waals surface area contributed by atoms with Crippen LogP contribution < -0.4 is 25.1 Å². The molecule has 0 spiro atoms. The van der Waals surface area contributed by atoms with E-state index in [4.69, 9.17) is 26.4 Å². The van der Waals surface area contributed by atoms with E-state index in [-0.39, 0.29) is 12.4 Å². The lowest BCUT2D eigenvalue weighted by molar-refractivity contribution is 0.174. The van der Waals surface area contributed by atoms with Crippen LogP contribution in [-0.4, -0.2) is 28.9 Å². The number of pyridine rings is 1. The Morgan fingerprint density at radius 3 is 2.67 bits per heavy atom. The van der Waals surface area contributed by atoms with Gasteiger partial charge in [-0.2, -0.15) is 0 Å². The van der Waals surface area contributed by atoms with Crippen molar-refractivity contribution in [2.45, 2.75) is 13.1 Å². The van der Waals surface area contributed by atoms with E-state index in [1.54, 1.807) is 24.5 Å². The zero-order chi connectivity index (χ0) is 22.8. The van der Waals surface area contributed by atoms with Gasteiger partial charge in [-0.25, -0.2) is 0 Å². The van der Waals surface area contributed by atoms with E-state index >= 15 is 0 Å². The van der Waals surface area contributed by atoms with E-state index in [0.29, 0.717) is 40.8 Å². The Kier molecular flexibility index (Phi) is 5.89. The lowest BCUT2D eigenvalue weighted by atomic mass is 10.1. The molecular weight excluding hydrogens is 458 g/mol. The number of nitrogens with zero attached hydrogens (tertiary/aromatic N) is 1. The van der Waals surface area contributed by atoms with Crippen LogP contribution in [0, 0.1) is 0 Å². The molecule has 0 radical (unpaired) electrons. The highest BCUT2D eigenvalue weighted by Crippen LogP contribution is 2.35. The third-order valence-corrected chi connectivity index (χ3v) is 6.55. The number of methoxy groups -OCH3 is 1. The van der Waals surface area contributed by atoms with E-state index in [1.165, 1.54) is 0 Å². The number of hydrogen-bond donors (Lipinski definition) is 2. The number of nitrogens with one attached hydrogen (secondary N) is 2. The number of aromatic nitrogens is 1. The van der Waals surface area contributed by atoms with Gasteiger partial charge in [-0.3, -0.25) is 4.79 Å². The van der Waals surface area contributed by atoms with E-state index in [2.05, 4.69) is 16.4 Å². The zero-order valence-electron chi connectivity index (χ0n) is 17.8. The monoisotopic (exact) mass is 479 g/mol. The van der Waals surface area contributed by atoms with Gasteiger partial charge in [0.1, 0.15) is 5.75 Å². The van der Waals surface area contributed by atoms with Crippen molar-refractivity contribution >= 4 is 45.3 Å². The number of aromatic amines is 1. The first-order valence-corrected chi connectivity index (χ1v) is 11.6. The molecule has 4 aromatic rings. The predicted molar refractivity (Wildman–Crippen MR) is 133 cm³/mol. The first-order chi connectivity index (χ1) is 16.1. The average molecular weight is 480 g/mol. The van der Waals surface area contributed by atoms with Crippen LogP contribution in [0.2, 0.25) is 0 Å². The average Bonchev–Trinajstić information content (AvgIpc) is 3.50. The van der Waals surface area contributed by atoms with Crippen LogP contribution in [0.4, 0.5) is 5.69 Å². The highest BCUT2D eigenvalue weighted by Gasteiger charge is 2.18. The zero-order valence-corrected chi connectivity index (χ0v) is 19.4. The van der Waals surface area contributed by atoms with Crippen molar-refractivity contribution in [3.8, 4) is 17.2 Å². The summed E-state index contributed by atoms with van der Waals surface area (Å²) in [6.45, 7) is 1.11. The summed E-state index contributed by atoms with van der Waals surface area (Å²) in [7, 11) is 1.63. The summed E-state index contributed by atoms with van der Waals surface area (Å²) in [5, 5.41) is 6.70. The van der Waals surface area contributed by atoms with Crippen molar-refractivity contribution < 1.29 is 14.2 Å². The summed E-state index contributed by atoms with van der Waals surface area (Å²) in [4.78, 5) is 19.0. The Balaban J connectivity index is 1.43. The summed E-state index contributed by atoms with van der Waals surface area (Å²) in [5.74, 6) is 2.08. The van der Waals surface area contributed by atoms with Crippen LogP contribution in [0.15, 0.2) is 64.8 Å². The van der Waals surface area contributed by atoms with Crippen LogP contribution in [0.5, 0.6) is 17.2 Å². The van der Waals surface area contributed by atoms with Gasteiger partial charge in [0.05, 0.1) is 25.7 Å². The lowest BCUT2D eigenvalue weighted by Crippen LogP contribution is -2.35. The maximum atomic E-state index is 12.9. The predicted octanol–water partition coefficient (Wildman–Crippen LogP) is 4.73. The van der Waals surface area contributed by atoms with E-state index in [0.717, 1.165) is 21.7 Å². The molecule has 0 fully saturated rings. The molecule has 0 bridgehead atoms. The Labute approximate surface area is 199 Å². The van der Waals surface area contributed by atoms with Crippen molar-refractivity contribution in [1.29, 1.82) is 0 Å². The van der Waals surface area contributed by atoms with Crippen LogP contribution in [-0.2, 0) is 13.1 Å². The molecule has 0 atom stereocenters. The Bertz CT molecular complexity index is 1350. The van der Waals surface area contributed by atoms with Gasteiger partial charge in [-0.15, -0.1) is 11.3 Å². The van der Waals surface area contributed by atoms with E-state index in [1.807, 2.05) is 52.7 Å². The number of H-pyrrole nitrogens is 1. The highest BCUT2D eigenvalue weighted by atomic mass is 32.1.